The van der Waals surface area contributed by atoms with Crippen LogP contribution in [0.4, 0.5) is 0 Å². The van der Waals surface area contributed by atoms with E-state index < -0.39 is 18.1 Å². The molecule has 0 aromatic carbocycles. The van der Waals surface area contributed by atoms with E-state index in [2.05, 4.69) is 13.8 Å². The molecule has 272 valence electrons. The highest BCUT2D eigenvalue weighted by Crippen LogP contribution is 2.15. The summed E-state index contributed by atoms with van der Waals surface area (Å²) in [6, 6.07) is -0.717. The summed E-state index contributed by atoms with van der Waals surface area (Å²) in [6.45, 7) is 4.64. The topological polar surface area (TPSA) is 102 Å². The van der Waals surface area contributed by atoms with Gasteiger partial charge in [0.1, 0.15) is 12.6 Å². The number of hydrogen-bond acceptors (Lipinski definition) is 7. The van der Waals surface area contributed by atoms with Gasteiger partial charge in [-0.05, 0) is 12.8 Å². The second-order valence-electron chi connectivity index (χ2n) is 14.2. The first-order chi connectivity index (χ1) is 22.1. The molecule has 0 radical (unpaired) electrons. The minimum absolute atomic E-state index is 0.0480. The molecule has 2 atom stereocenters. The molecular formula is C38H73NO7. The number of carbonyl (C=O) groups excluding carboxylic acids is 3. The number of carbonyl (C=O) groups is 3. The molecule has 0 bridgehead atoms. The molecule has 8 heteroatoms. The van der Waals surface area contributed by atoms with E-state index in [0.717, 1.165) is 38.5 Å². The molecule has 46 heavy (non-hydrogen) atoms. The minimum atomic E-state index is -1.12. The molecule has 0 saturated heterocycles. The van der Waals surface area contributed by atoms with Gasteiger partial charge in [-0.25, -0.2) is 0 Å². The number of esters is 2. The fourth-order valence-electron chi connectivity index (χ4n) is 5.72. The van der Waals surface area contributed by atoms with Crippen molar-refractivity contribution in [2.75, 3.05) is 41.0 Å². The normalized spacial score (nSPS) is 13.0. The van der Waals surface area contributed by atoms with Crippen molar-refractivity contribution in [1.82, 2.24) is 0 Å². The lowest BCUT2D eigenvalue weighted by atomic mass is 10.0. The van der Waals surface area contributed by atoms with Crippen LogP contribution in [0.25, 0.3) is 0 Å². The summed E-state index contributed by atoms with van der Waals surface area (Å²) < 4.78 is 17.0. The Morgan fingerprint density at radius 1 is 0.565 bits per heavy atom. The zero-order valence-electron chi connectivity index (χ0n) is 30.8. The second kappa shape index (κ2) is 30.7. The Balaban J connectivity index is 4.36. The summed E-state index contributed by atoms with van der Waals surface area (Å²) in [4.78, 5) is 36.5. The number of carboxylic acids is 1. The number of rotatable bonds is 34. The van der Waals surface area contributed by atoms with Crippen molar-refractivity contribution in [3.63, 3.8) is 0 Å². The molecule has 0 aliphatic heterocycles. The van der Waals surface area contributed by atoms with Gasteiger partial charge in [-0.15, -0.1) is 0 Å². The van der Waals surface area contributed by atoms with E-state index in [4.69, 9.17) is 14.2 Å². The van der Waals surface area contributed by atoms with Crippen LogP contribution >= 0.6 is 0 Å². The number of nitrogens with zero attached hydrogens (tertiary/aromatic N) is 1. The highest BCUT2D eigenvalue weighted by molar-refractivity contribution is 5.70. The Labute approximate surface area is 283 Å². The number of carboxylic acid groups (broad SMARTS) is 1. The van der Waals surface area contributed by atoms with Gasteiger partial charge in [0, 0.05) is 19.3 Å². The summed E-state index contributed by atoms with van der Waals surface area (Å²) in [7, 11) is 5.40. The van der Waals surface area contributed by atoms with Gasteiger partial charge in [0.25, 0.3) is 0 Å². The average molecular weight is 656 g/mol. The number of unbranched alkanes of at least 4 members (excludes halogenated alkanes) is 20. The molecule has 0 rings (SSSR count). The fraction of sp³-hybridized carbons (Fsp3) is 0.921. The van der Waals surface area contributed by atoms with E-state index in [-0.39, 0.29) is 42.7 Å². The third-order valence-electron chi connectivity index (χ3n) is 8.74. The van der Waals surface area contributed by atoms with Gasteiger partial charge in [0.15, 0.2) is 6.10 Å². The maximum absolute atomic E-state index is 12.6. The van der Waals surface area contributed by atoms with Crippen molar-refractivity contribution in [3.05, 3.63) is 0 Å². The highest BCUT2D eigenvalue weighted by atomic mass is 16.6. The van der Waals surface area contributed by atoms with Gasteiger partial charge in [-0.1, -0.05) is 142 Å². The number of ether oxygens (including phenoxy) is 3. The molecule has 0 amide bonds. The second-order valence-corrected chi connectivity index (χ2v) is 14.2. The summed E-state index contributed by atoms with van der Waals surface area (Å²) >= 11 is 0. The van der Waals surface area contributed by atoms with E-state index in [1.165, 1.54) is 103 Å². The quantitative estimate of drug-likeness (QED) is 0.0392. The molecule has 0 heterocycles. The summed E-state index contributed by atoms with van der Waals surface area (Å²) in [5.74, 6) is -1.73. The van der Waals surface area contributed by atoms with E-state index in [9.17, 15) is 19.5 Å². The molecule has 8 nitrogen and oxygen atoms in total. The van der Waals surface area contributed by atoms with E-state index in [1.807, 2.05) is 0 Å². The molecule has 0 fully saturated rings. The first-order valence-electron chi connectivity index (χ1n) is 19.1. The van der Waals surface area contributed by atoms with E-state index in [0.29, 0.717) is 12.8 Å². The van der Waals surface area contributed by atoms with Crippen LogP contribution in [0.1, 0.15) is 174 Å². The maximum atomic E-state index is 12.6. The first-order valence-corrected chi connectivity index (χ1v) is 19.1. The van der Waals surface area contributed by atoms with Crippen LogP contribution in [-0.2, 0) is 28.6 Å². The molecule has 0 aliphatic carbocycles. The lowest BCUT2D eigenvalue weighted by Crippen LogP contribution is -2.55. The van der Waals surface area contributed by atoms with Gasteiger partial charge in [-0.2, -0.15) is 0 Å². The monoisotopic (exact) mass is 656 g/mol. The Bertz CT molecular complexity index is 737. The Morgan fingerprint density at radius 2 is 0.957 bits per heavy atom. The van der Waals surface area contributed by atoms with Crippen LogP contribution in [0.5, 0.6) is 0 Å². The maximum Gasteiger partial charge on any atom is 0.306 e. The SMILES string of the molecule is CCCCCCCCCCCCCCCCC(=O)OC(COCCC(C(=O)[O-])[N+](C)(C)C)COC(=O)CCCCCCCCCC. The Morgan fingerprint density at radius 3 is 1.35 bits per heavy atom. The standard InChI is InChI=1S/C38H73NO7/c1-6-8-10-12-14-16-17-18-19-20-21-23-25-27-29-37(41)46-34(32-44-31-30-35(38(42)43)39(3,4)5)33-45-36(40)28-26-24-22-15-13-11-9-7-2/h34-35H,6-33H2,1-5H3. The molecule has 2 unspecified atom stereocenters. The lowest BCUT2D eigenvalue weighted by molar-refractivity contribution is -0.889. The number of likely N-dealkylation sites (N-methyl/N-ethyl adjacent to an activating group) is 1. The lowest BCUT2D eigenvalue weighted by Gasteiger charge is -2.34. The molecule has 0 aromatic rings. The van der Waals surface area contributed by atoms with Crippen LogP contribution in [0, 0.1) is 0 Å². The summed E-state index contributed by atoms with van der Waals surface area (Å²) in [6.07, 6.45) is 27.0. The van der Waals surface area contributed by atoms with Crippen molar-refractivity contribution in [1.29, 1.82) is 0 Å². The third-order valence-corrected chi connectivity index (χ3v) is 8.74. The van der Waals surface area contributed by atoms with Gasteiger partial charge in [0.05, 0.1) is 40.3 Å². The van der Waals surface area contributed by atoms with Gasteiger partial charge < -0.3 is 28.6 Å². The molecule has 0 aliphatic rings. The molecule has 0 aromatic heterocycles. The van der Waals surface area contributed by atoms with Gasteiger partial charge in [0.2, 0.25) is 0 Å². The summed E-state index contributed by atoms with van der Waals surface area (Å²) in [5, 5.41) is 11.5. The van der Waals surface area contributed by atoms with Crippen molar-refractivity contribution in [2.45, 2.75) is 187 Å². The predicted octanol–water partition coefficient (Wildman–Crippen LogP) is 8.08. The first kappa shape index (κ1) is 44.3. The zero-order valence-corrected chi connectivity index (χ0v) is 30.8. The highest BCUT2D eigenvalue weighted by Gasteiger charge is 2.25. The van der Waals surface area contributed by atoms with Crippen LogP contribution < -0.4 is 5.11 Å². The fourth-order valence-corrected chi connectivity index (χ4v) is 5.72. The van der Waals surface area contributed by atoms with Crippen LogP contribution in [0.3, 0.4) is 0 Å². The summed E-state index contributed by atoms with van der Waals surface area (Å²) in [5.41, 5.74) is 0. The smallest absolute Gasteiger partial charge is 0.306 e. The number of aliphatic carboxylic acids is 1. The number of quaternary nitrogens is 1. The molecule has 0 saturated carbocycles. The predicted molar refractivity (Wildman–Crippen MR) is 185 cm³/mol. The van der Waals surface area contributed by atoms with E-state index in [1.54, 1.807) is 21.1 Å². The minimum Gasteiger partial charge on any atom is -0.544 e. The average Bonchev–Trinajstić information content (AvgIpc) is 3.00. The van der Waals surface area contributed by atoms with E-state index >= 15 is 0 Å². The third kappa shape index (κ3) is 28.5. The van der Waals surface area contributed by atoms with Gasteiger partial charge in [-0.3, -0.25) is 9.59 Å². The van der Waals surface area contributed by atoms with Crippen molar-refractivity contribution in [2.24, 2.45) is 0 Å². The molecular weight excluding hydrogens is 582 g/mol. The van der Waals surface area contributed by atoms with Crippen LogP contribution in [-0.4, -0.2) is 75.5 Å². The molecule has 0 spiro atoms. The molecule has 0 N–H and O–H groups in total. The van der Waals surface area contributed by atoms with Crippen LogP contribution in [0.15, 0.2) is 0 Å². The number of hydrogen-bond donors (Lipinski definition) is 0. The van der Waals surface area contributed by atoms with Crippen molar-refractivity contribution in [3.8, 4) is 0 Å². The van der Waals surface area contributed by atoms with Gasteiger partial charge >= 0.3 is 11.9 Å². The largest absolute Gasteiger partial charge is 0.544 e. The van der Waals surface area contributed by atoms with Crippen LogP contribution in [0.2, 0.25) is 0 Å². The Hall–Kier alpha value is -1.67. The Kier molecular flexibility index (Phi) is 29.5. The zero-order chi connectivity index (χ0) is 34.3. The van der Waals surface area contributed by atoms with Crippen molar-refractivity contribution >= 4 is 17.9 Å². The van der Waals surface area contributed by atoms with Crippen molar-refractivity contribution < 1.29 is 38.2 Å².